The summed E-state index contributed by atoms with van der Waals surface area (Å²) in [6.45, 7) is 0.441. The number of nitro benzene ring substituents is 1. The maximum absolute atomic E-state index is 11.2. The highest BCUT2D eigenvalue weighted by Gasteiger charge is 2.21. The molecule has 0 unspecified atom stereocenters. The van der Waals surface area contributed by atoms with E-state index in [1.54, 1.807) is 42.3 Å². The zero-order chi connectivity index (χ0) is 15.4. The lowest BCUT2D eigenvalue weighted by atomic mass is 10.1. The van der Waals surface area contributed by atoms with Crippen LogP contribution >= 0.6 is 11.6 Å². The van der Waals surface area contributed by atoms with Crippen LogP contribution in [0.3, 0.4) is 0 Å². The van der Waals surface area contributed by atoms with Crippen LogP contribution < -0.4 is 4.90 Å². The van der Waals surface area contributed by atoms with Gasteiger partial charge in [-0.3, -0.25) is 10.1 Å². The van der Waals surface area contributed by atoms with Gasteiger partial charge in [0.25, 0.3) is 0 Å². The van der Waals surface area contributed by atoms with Gasteiger partial charge in [0, 0.05) is 13.6 Å². The Labute approximate surface area is 127 Å². The van der Waals surface area contributed by atoms with E-state index in [-0.39, 0.29) is 10.7 Å². The molecule has 0 heterocycles. The smallest absolute Gasteiger partial charge is 0.310 e. The van der Waals surface area contributed by atoms with Crippen LogP contribution in [0.15, 0.2) is 42.5 Å². The summed E-state index contributed by atoms with van der Waals surface area (Å²) in [5.74, 6) is 0. The Hall–Kier alpha value is -2.58. The Balaban J connectivity index is 2.33. The third-order valence-electron chi connectivity index (χ3n) is 3.04. The zero-order valence-electron chi connectivity index (χ0n) is 11.3. The van der Waals surface area contributed by atoms with E-state index in [1.165, 1.54) is 6.07 Å². The fraction of sp³-hybridized carbons (Fsp3) is 0.133. The van der Waals surface area contributed by atoms with Gasteiger partial charge in [-0.1, -0.05) is 29.8 Å². The van der Waals surface area contributed by atoms with E-state index in [0.29, 0.717) is 17.8 Å². The van der Waals surface area contributed by atoms with Crippen molar-refractivity contribution in [1.82, 2.24) is 0 Å². The van der Waals surface area contributed by atoms with E-state index in [1.807, 2.05) is 6.07 Å². The minimum Gasteiger partial charge on any atom is -0.365 e. The van der Waals surface area contributed by atoms with Crippen molar-refractivity contribution >= 4 is 23.0 Å². The standard InChI is InChI=1S/C15H12ClN3O2/c1-18(10-12-5-2-4-11(8-12)9-17)14-7-3-6-13(16)15(14)19(20)21/h2-8H,10H2,1H3. The number of hydrogen-bond donors (Lipinski definition) is 0. The first-order valence-corrected chi connectivity index (χ1v) is 6.54. The maximum Gasteiger partial charge on any atom is 0.310 e. The van der Waals surface area contributed by atoms with Crippen LogP contribution in [0.1, 0.15) is 11.1 Å². The predicted octanol–water partition coefficient (Wildman–Crippen LogP) is 3.76. The minimum atomic E-state index is -0.486. The molecule has 0 saturated carbocycles. The quantitative estimate of drug-likeness (QED) is 0.637. The second-order valence-corrected chi connectivity index (χ2v) is 4.94. The summed E-state index contributed by atoms with van der Waals surface area (Å²) in [4.78, 5) is 12.4. The monoisotopic (exact) mass is 301 g/mol. The van der Waals surface area contributed by atoms with Gasteiger partial charge in [0.15, 0.2) is 0 Å². The van der Waals surface area contributed by atoms with Crippen molar-refractivity contribution in [1.29, 1.82) is 5.26 Å². The van der Waals surface area contributed by atoms with Gasteiger partial charge < -0.3 is 4.90 Å². The Bertz CT molecular complexity index is 725. The van der Waals surface area contributed by atoms with Crippen molar-refractivity contribution < 1.29 is 4.92 Å². The molecule has 0 aliphatic carbocycles. The molecule has 0 aromatic heterocycles. The Morgan fingerprint density at radius 3 is 2.71 bits per heavy atom. The third kappa shape index (κ3) is 3.30. The van der Waals surface area contributed by atoms with Gasteiger partial charge in [0.2, 0.25) is 0 Å². The van der Waals surface area contributed by atoms with Gasteiger partial charge in [0.05, 0.1) is 16.6 Å². The van der Waals surface area contributed by atoms with Crippen molar-refractivity contribution in [2.75, 3.05) is 11.9 Å². The number of halogens is 1. The van der Waals surface area contributed by atoms with Gasteiger partial charge in [-0.05, 0) is 29.8 Å². The molecule has 0 atom stereocenters. The lowest BCUT2D eigenvalue weighted by molar-refractivity contribution is -0.384. The van der Waals surface area contributed by atoms with E-state index < -0.39 is 4.92 Å². The number of anilines is 1. The normalized spacial score (nSPS) is 9.95. The van der Waals surface area contributed by atoms with Gasteiger partial charge in [-0.15, -0.1) is 0 Å². The number of rotatable bonds is 4. The summed E-state index contributed by atoms with van der Waals surface area (Å²) in [6, 6.07) is 14.0. The van der Waals surface area contributed by atoms with Crippen molar-refractivity contribution in [2.24, 2.45) is 0 Å². The molecule has 0 radical (unpaired) electrons. The molecule has 0 spiro atoms. The van der Waals surface area contributed by atoms with Crippen molar-refractivity contribution in [3.05, 3.63) is 68.7 Å². The maximum atomic E-state index is 11.2. The third-order valence-corrected chi connectivity index (χ3v) is 3.34. The summed E-state index contributed by atoms with van der Waals surface area (Å²) in [5.41, 5.74) is 1.78. The predicted molar refractivity (Wildman–Crippen MR) is 81.4 cm³/mol. The second-order valence-electron chi connectivity index (χ2n) is 4.53. The van der Waals surface area contributed by atoms with E-state index in [0.717, 1.165) is 5.56 Å². The number of nitro groups is 1. The van der Waals surface area contributed by atoms with Crippen LogP contribution in [0.5, 0.6) is 0 Å². The van der Waals surface area contributed by atoms with Gasteiger partial charge >= 0.3 is 5.69 Å². The molecule has 0 aliphatic heterocycles. The van der Waals surface area contributed by atoms with Crippen LogP contribution in [0.2, 0.25) is 5.02 Å². The topological polar surface area (TPSA) is 70.2 Å². The SMILES string of the molecule is CN(Cc1cccc(C#N)c1)c1cccc(Cl)c1[N+](=O)[O-]. The van der Waals surface area contributed by atoms with Gasteiger partial charge in [0.1, 0.15) is 10.7 Å². The van der Waals surface area contributed by atoms with Crippen molar-refractivity contribution in [3.8, 4) is 6.07 Å². The Morgan fingerprint density at radius 2 is 2.05 bits per heavy atom. The number of hydrogen-bond acceptors (Lipinski definition) is 4. The van der Waals surface area contributed by atoms with Crippen LogP contribution in [-0.2, 0) is 6.54 Å². The van der Waals surface area contributed by atoms with Crippen molar-refractivity contribution in [2.45, 2.75) is 6.54 Å². The average Bonchev–Trinajstić information content (AvgIpc) is 2.46. The first kappa shape index (κ1) is 14.8. The number of nitriles is 1. The summed E-state index contributed by atoms with van der Waals surface area (Å²) in [7, 11) is 1.75. The molecule has 2 aromatic rings. The fourth-order valence-electron chi connectivity index (χ4n) is 2.09. The highest BCUT2D eigenvalue weighted by molar-refractivity contribution is 6.33. The summed E-state index contributed by atoms with van der Waals surface area (Å²) >= 11 is 5.91. The largest absolute Gasteiger partial charge is 0.365 e. The van der Waals surface area contributed by atoms with Crippen molar-refractivity contribution in [3.63, 3.8) is 0 Å². The molecule has 0 saturated heterocycles. The van der Waals surface area contributed by atoms with Crippen LogP contribution in [0.4, 0.5) is 11.4 Å². The highest BCUT2D eigenvalue weighted by Crippen LogP contribution is 2.34. The first-order chi connectivity index (χ1) is 10.0. The zero-order valence-corrected chi connectivity index (χ0v) is 12.0. The molecule has 0 N–H and O–H groups in total. The Kier molecular flexibility index (Phi) is 4.41. The molecule has 2 aromatic carbocycles. The highest BCUT2D eigenvalue weighted by atomic mass is 35.5. The van der Waals surface area contributed by atoms with E-state index in [9.17, 15) is 10.1 Å². The molecule has 2 rings (SSSR count). The minimum absolute atomic E-state index is 0.107. The molecule has 6 heteroatoms. The van der Waals surface area contributed by atoms with E-state index in [2.05, 4.69) is 6.07 Å². The summed E-state index contributed by atoms with van der Waals surface area (Å²) in [5, 5.41) is 20.2. The molecule has 21 heavy (non-hydrogen) atoms. The van der Waals surface area contributed by atoms with Gasteiger partial charge in [-0.25, -0.2) is 0 Å². The number of benzene rings is 2. The van der Waals surface area contributed by atoms with Crippen LogP contribution in [-0.4, -0.2) is 12.0 Å². The first-order valence-electron chi connectivity index (χ1n) is 6.16. The van der Waals surface area contributed by atoms with E-state index >= 15 is 0 Å². The van der Waals surface area contributed by atoms with E-state index in [4.69, 9.17) is 16.9 Å². The lowest BCUT2D eigenvalue weighted by Gasteiger charge is -2.19. The average molecular weight is 302 g/mol. The molecule has 0 aliphatic rings. The lowest BCUT2D eigenvalue weighted by Crippen LogP contribution is -2.17. The molecule has 5 nitrogen and oxygen atoms in total. The molecule has 0 bridgehead atoms. The number of para-hydroxylation sites is 1. The summed E-state index contributed by atoms with van der Waals surface area (Å²) in [6.07, 6.45) is 0. The van der Waals surface area contributed by atoms with Gasteiger partial charge in [-0.2, -0.15) is 5.26 Å². The molecular weight excluding hydrogens is 290 g/mol. The number of nitrogens with zero attached hydrogens (tertiary/aromatic N) is 3. The molecule has 106 valence electrons. The van der Waals surface area contributed by atoms with Crippen LogP contribution in [0, 0.1) is 21.4 Å². The molecule has 0 amide bonds. The molecule has 0 fully saturated rings. The van der Waals surface area contributed by atoms with Crippen LogP contribution in [0.25, 0.3) is 0 Å². The Morgan fingerprint density at radius 1 is 1.33 bits per heavy atom. The summed E-state index contributed by atoms with van der Waals surface area (Å²) < 4.78 is 0. The fourth-order valence-corrected chi connectivity index (χ4v) is 2.33. The molecular formula is C15H12ClN3O2. The second kappa shape index (κ2) is 6.25.